The molecule has 2 rings (SSSR count). The standard InChI is InChI=1S/C10H18N2O/c1-8-6-10(13-11-8)4-5-12(3)9(2)7-10/h9H,4-7H2,1-3H3. The molecule has 0 bridgehead atoms. The summed E-state index contributed by atoms with van der Waals surface area (Å²) in [4.78, 5) is 7.96. The van der Waals surface area contributed by atoms with Gasteiger partial charge in [0.05, 0.1) is 5.71 Å². The Labute approximate surface area is 79.7 Å². The molecule has 1 saturated heterocycles. The summed E-state index contributed by atoms with van der Waals surface area (Å²) >= 11 is 0. The van der Waals surface area contributed by atoms with Gasteiger partial charge in [0, 0.05) is 31.8 Å². The monoisotopic (exact) mass is 182 g/mol. The maximum Gasteiger partial charge on any atom is 0.145 e. The van der Waals surface area contributed by atoms with Gasteiger partial charge in [-0.05, 0) is 20.9 Å². The molecular weight excluding hydrogens is 164 g/mol. The normalized spacial score (nSPS) is 40.5. The first-order chi connectivity index (χ1) is 6.11. The number of hydrogen-bond acceptors (Lipinski definition) is 3. The number of likely N-dealkylation sites (tertiary alicyclic amines) is 1. The minimum absolute atomic E-state index is 0.0516. The zero-order valence-electron chi connectivity index (χ0n) is 8.71. The second-order valence-electron chi connectivity index (χ2n) is 4.56. The molecule has 3 nitrogen and oxygen atoms in total. The van der Waals surface area contributed by atoms with Crippen LogP contribution in [-0.4, -0.2) is 35.8 Å². The molecule has 0 amide bonds. The third kappa shape index (κ3) is 1.57. The molecule has 0 N–H and O–H groups in total. The Morgan fingerprint density at radius 3 is 2.92 bits per heavy atom. The Morgan fingerprint density at radius 2 is 2.38 bits per heavy atom. The van der Waals surface area contributed by atoms with Crippen LogP contribution in [0.1, 0.15) is 33.1 Å². The zero-order chi connectivity index (χ0) is 9.47. The van der Waals surface area contributed by atoms with Crippen molar-refractivity contribution in [2.24, 2.45) is 5.16 Å². The van der Waals surface area contributed by atoms with Crippen LogP contribution in [-0.2, 0) is 4.84 Å². The number of piperidine rings is 1. The van der Waals surface area contributed by atoms with Crippen molar-refractivity contribution in [1.82, 2.24) is 4.90 Å². The van der Waals surface area contributed by atoms with E-state index in [1.165, 1.54) is 0 Å². The van der Waals surface area contributed by atoms with Crippen LogP contribution in [0.3, 0.4) is 0 Å². The van der Waals surface area contributed by atoms with Gasteiger partial charge in [-0.3, -0.25) is 0 Å². The summed E-state index contributed by atoms with van der Waals surface area (Å²) in [6, 6.07) is 0.620. The highest BCUT2D eigenvalue weighted by Gasteiger charge is 2.42. The first-order valence-corrected chi connectivity index (χ1v) is 5.03. The maximum absolute atomic E-state index is 5.57. The van der Waals surface area contributed by atoms with Crippen molar-refractivity contribution in [3.8, 4) is 0 Å². The summed E-state index contributed by atoms with van der Waals surface area (Å²) in [5, 5.41) is 4.07. The Morgan fingerprint density at radius 1 is 1.62 bits per heavy atom. The number of rotatable bonds is 0. The molecule has 1 spiro atoms. The van der Waals surface area contributed by atoms with Crippen molar-refractivity contribution in [2.75, 3.05) is 13.6 Å². The van der Waals surface area contributed by atoms with Gasteiger partial charge in [0.1, 0.15) is 5.60 Å². The van der Waals surface area contributed by atoms with E-state index >= 15 is 0 Å². The van der Waals surface area contributed by atoms with Gasteiger partial charge in [0.2, 0.25) is 0 Å². The van der Waals surface area contributed by atoms with Crippen LogP contribution in [0, 0.1) is 0 Å². The van der Waals surface area contributed by atoms with E-state index < -0.39 is 0 Å². The van der Waals surface area contributed by atoms with Gasteiger partial charge in [0.25, 0.3) is 0 Å². The fourth-order valence-electron chi connectivity index (χ4n) is 2.35. The fourth-order valence-corrected chi connectivity index (χ4v) is 2.35. The van der Waals surface area contributed by atoms with Gasteiger partial charge in [-0.15, -0.1) is 0 Å². The van der Waals surface area contributed by atoms with Crippen LogP contribution in [0.2, 0.25) is 0 Å². The van der Waals surface area contributed by atoms with Crippen LogP contribution in [0.25, 0.3) is 0 Å². The molecule has 2 unspecified atom stereocenters. The summed E-state index contributed by atoms with van der Waals surface area (Å²) in [6.45, 7) is 5.44. The smallest absolute Gasteiger partial charge is 0.145 e. The second kappa shape index (κ2) is 2.98. The van der Waals surface area contributed by atoms with Crippen LogP contribution >= 0.6 is 0 Å². The second-order valence-corrected chi connectivity index (χ2v) is 4.56. The largest absolute Gasteiger partial charge is 0.389 e. The molecule has 0 saturated carbocycles. The lowest BCUT2D eigenvalue weighted by Crippen LogP contribution is -2.47. The third-order valence-electron chi connectivity index (χ3n) is 3.31. The van der Waals surface area contributed by atoms with Crippen molar-refractivity contribution in [2.45, 2.75) is 44.8 Å². The SMILES string of the molecule is CC1=NOC2(CCN(C)C(C)C2)C1. The predicted octanol–water partition coefficient (Wildman–Crippen LogP) is 1.64. The van der Waals surface area contributed by atoms with Gasteiger partial charge >= 0.3 is 0 Å². The van der Waals surface area contributed by atoms with Crippen LogP contribution in [0.4, 0.5) is 0 Å². The van der Waals surface area contributed by atoms with Crippen molar-refractivity contribution in [1.29, 1.82) is 0 Å². The van der Waals surface area contributed by atoms with E-state index in [1.807, 2.05) is 0 Å². The van der Waals surface area contributed by atoms with Crippen LogP contribution in [0.15, 0.2) is 5.16 Å². The van der Waals surface area contributed by atoms with Crippen molar-refractivity contribution in [3.05, 3.63) is 0 Å². The summed E-state index contributed by atoms with van der Waals surface area (Å²) in [5.41, 5.74) is 1.20. The first kappa shape index (κ1) is 9.00. The lowest BCUT2D eigenvalue weighted by molar-refractivity contribution is -0.0726. The van der Waals surface area contributed by atoms with E-state index in [0.717, 1.165) is 31.5 Å². The highest BCUT2D eigenvalue weighted by Crippen LogP contribution is 2.36. The minimum Gasteiger partial charge on any atom is -0.389 e. The van der Waals surface area contributed by atoms with Gasteiger partial charge in [-0.1, -0.05) is 5.16 Å². The molecule has 13 heavy (non-hydrogen) atoms. The summed E-state index contributed by atoms with van der Waals surface area (Å²) in [6.07, 6.45) is 3.27. The molecule has 0 radical (unpaired) electrons. The first-order valence-electron chi connectivity index (χ1n) is 5.03. The topological polar surface area (TPSA) is 24.8 Å². The average molecular weight is 182 g/mol. The number of hydrogen-bond donors (Lipinski definition) is 0. The lowest BCUT2D eigenvalue weighted by Gasteiger charge is -2.40. The Hall–Kier alpha value is -0.570. The highest BCUT2D eigenvalue weighted by atomic mass is 16.7. The molecular formula is C10H18N2O. The molecule has 2 atom stereocenters. The Balaban J connectivity index is 2.03. The number of nitrogens with zero attached hydrogens (tertiary/aromatic N) is 2. The zero-order valence-corrected chi connectivity index (χ0v) is 8.71. The van der Waals surface area contributed by atoms with Crippen molar-refractivity contribution >= 4 is 5.71 Å². The van der Waals surface area contributed by atoms with Gasteiger partial charge in [0.15, 0.2) is 0 Å². The molecule has 0 aromatic carbocycles. The van der Waals surface area contributed by atoms with Crippen LogP contribution < -0.4 is 0 Å². The van der Waals surface area contributed by atoms with E-state index in [2.05, 4.69) is 31.0 Å². The van der Waals surface area contributed by atoms with Gasteiger partial charge < -0.3 is 9.74 Å². The van der Waals surface area contributed by atoms with Crippen molar-refractivity contribution in [3.63, 3.8) is 0 Å². The Kier molecular flexibility index (Phi) is 2.06. The van der Waals surface area contributed by atoms with E-state index in [4.69, 9.17) is 4.84 Å². The van der Waals surface area contributed by atoms with Crippen LogP contribution in [0.5, 0.6) is 0 Å². The molecule has 0 aliphatic carbocycles. The van der Waals surface area contributed by atoms with Crippen molar-refractivity contribution < 1.29 is 4.84 Å². The highest BCUT2D eigenvalue weighted by molar-refractivity contribution is 5.83. The molecule has 0 aromatic heterocycles. The fraction of sp³-hybridized carbons (Fsp3) is 0.900. The average Bonchev–Trinajstić information content (AvgIpc) is 2.42. The van der Waals surface area contributed by atoms with Gasteiger partial charge in [-0.2, -0.15) is 0 Å². The minimum atomic E-state index is 0.0516. The predicted molar refractivity (Wildman–Crippen MR) is 52.9 cm³/mol. The third-order valence-corrected chi connectivity index (χ3v) is 3.31. The molecule has 2 aliphatic heterocycles. The lowest BCUT2D eigenvalue weighted by atomic mass is 9.84. The maximum atomic E-state index is 5.57. The molecule has 1 fully saturated rings. The Bertz CT molecular complexity index is 239. The van der Waals surface area contributed by atoms with E-state index in [-0.39, 0.29) is 5.60 Å². The quantitative estimate of drug-likeness (QED) is 0.569. The summed E-state index contributed by atoms with van der Waals surface area (Å²) < 4.78 is 0. The van der Waals surface area contributed by atoms with Gasteiger partial charge in [-0.25, -0.2) is 0 Å². The molecule has 2 aliphatic rings. The summed E-state index contributed by atoms with van der Waals surface area (Å²) in [5.74, 6) is 0. The molecule has 2 heterocycles. The molecule has 74 valence electrons. The van der Waals surface area contributed by atoms with E-state index in [9.17, 15) is 0 Å². The van der Waals surface area contributed by atoms with E-state index in [0.29, 0.717) is 6.04 Å². The van der Waals surface area contributed by atoms with E-state index in [1.54, 1.807) is 0 Å². The summed E-state index contributed by atoms with van der Waals surface area (Å²) in [7, 11) is 2.18. The molecule has 0 aromatic rings. The molecule has 3 heteroatoms. The number of oxime groups is 1.